The van der Waals surface area contributed by atoms with Crippen molar-refractivity contribution in [1.29, 1.82) is 0 Å². The van der Waals surface area contributed by atoms with Crippen molar-refractivity contribution in [3.05, 3.63) is 40.2 Å². The maximum absolute atomic E-state index is 12.1. The summed E-state index contributed by atoms with van der Waals surface area (Å²) in [5.41, 5.74) is 0. The molecule has 2 aromatic heterocycles. The molecule has 0 saturated carbocycles. The van der Waals surface area contributed by atoms with Crippen molar-refractivity contribution in [1.82, 2.24) is 9.71 Å². The van der Waals surface area contributed by atoms with Crippen LogP contribution < -0.4 is 10.0 Å². The lowest BCUT2D eigenvalue weighted by atomic mass is 10.4. The monoisotopic (exact) mass is 311 g/mol. The van der Waals surface area contributed by atoms with Gasteiger partial charge in [0.1, 0.15) is 10.7 Å². The Hall–Kier alpha value is -1.44. The van der Waals surface area contributed by atoms with E-state index in [-0.39, 0.29) is 4.90 Å². The van der Waals surface area contributed by atoms with Gasteiger partial charge in [-0.15, -0.1) is 11.3 Å². The lowest BCUT2D eigenvalue weighted by molar-refractivity contribution is 0.581. The molecule has 20 heavy (non-hydrogen) atoms. The van der Waals surface area contributed by atoms with Crippen molar-refractivity contribution in [2.75, 3.05) is 12.4 Å². The van der Waals surface area contributed by atoms with Crippen LogP contribution in [0.25, 0.3) is 0 Å². The molecule has 5 nitrogen and oxygen atoms in total. The fraction of sp³-hybridized carbons (Fsp3) is 0.308. The van der Waals surface area contributed by atoms with Crippen LogP contribution in [0.15, 0.2) is 35.4 Å². The van der Waals surface area contributed by atoms with E-state index in [2.05, 4.69) is 21.9 Å². The Balaban J connectivity index is 2.06. The first-order valence-electron chi connectivity index (χ1n) is 6.26. The van der Waals surface area contributed by atoms with Crippen LogP contribution in [-0.2, 0) is 23.0 Å². The number of pyridine rings is 1. The molecule has 0 spiro atoms. The topological polar surface area (TPSA) is 71.1 Å². The number of sulfonamides is 1. The van der Waals surface area contributed by atoms with Gasteiger partial charge in [0.15, 0.2) is 0 Å². The van der Waals surface area contributed by atoms with Gasteiger partial charge in [-0.3, -0.25) is 0 Å². The second-order valence-electron chi connectivity index (χ2n) is 4.18. The molecule has 2 aromatic rings. The van der Waals surface area contributed by atoms with Gasteiger partial charge in [0.25, 0.3) is 0 Å². The Morgan fingerprint density at radius 1 is 1.20 bits per heavy atom. The third-order valence-electron chi connectivity index (χ3n) is 2.80. The van der Waals surface area contributed by atoms with Gasteiger partial charge in [0.05, 0.1) is 0 Å². The summed E-state index contributed by atoms with van der Waals surface area (Å²) in [6, 6.07) is 7.15. The first-order chi connectivity index (χ1) is 9.55. The molecule has 0 amide bonds. The number of anilines is 1. The summed E-state index contributed by atoms with van der Waals surface area (Å²) in [7, 11) is -1.78. The van der Waals surface area contributed by atoms with Crippen LogP contribution in [0.2, 0.25) is 0 Å². The molecular formula is C13H17N3O2S2. The predicted octanol–water partition coefficient (Wildman–Crippen LogP) is 2.23. The molecule has 0 aromatic carbocycles. The molecule has 0 fully saturated rings. The van der Waals surface area contributed by atoms with Crippen LogP contribution in [0, 0.1) is 0 Å². The molecule has 0 aliphatic heterocycles. The Kier molecular flexibility index (Phi) is 4.74. The van der Waals surface area contributed by atoms with Crippen LogP contribution in [0.5, 0.6) is 0 Å². The summed E-state index contributed by atoms with van der Waals surface area (Å²) in [6.45, 7) is 2.38. The maximum atomic E-state index is 12.1. The Morgan fingerprint density at radius 2 is 1.95 bits per heavy atom. The third kappa shape index (κ3) is 3.56. The number of hydrogen-bond acceptors (Lipinski definition) is 5. The first kappa shape index (κ1) is 15.0. The molecule has 2 rings (SSSR count). The van der Waals surface area contributed by atoms with Gasteiger partial charge >= 0.3 is 0 Å². The lowest BCUT2D eigenvalue weighted by Crippen LogP contribution is -2.22. The van der Waals surface area contributed by atoms with Crippen LogP contribution in [-0.4, -0.2) is 20.4 Å². The minimum Gasteiger partial charge on any atom is -0.373 e. The van der Waals surface area contributed by atoms with E-state index < -0.39 is 10.0 Å². The molecular weight excluding hydrogens is 294 g/mol. The summed E-state index contributed by atoms with van der Waals surface area (Å²) in [5.74, 6) is 0.634. The van der Waals surface area contributed by atoms with E-state index in [9.17, 15) is 8.42 Å². The SMILES string of the molecule is CCc1ccc(CNS(=O)(=O)c2ccc(NC)nc2)s1. The normalized spacial score (nSPS) is 11.5. The summed E-state index contributed by atoms with van der Waals surface area (Å²) in [5, 5.41) is 2.85. The van der Waals surface area contributed by atoms with Crippen molar-refractivity contribution in [2.24, 2.45) is 0 Å². The second-order valence-corrected chi connectivity index (χ2v) is 7.20. The maximum Gasteiger partial charge on any atom is 0.242 e. The molecule has 0 atom stereocenters. The van der Waals surface area contributed by atoms with E-state index in [4.69, 9.17) is 0 Å². The van der Waals surface area contributed by atoms with Crippen molar-refractivity contribution < 1.29 is 8.42 Å². The zero-order chi connectivity index (χ0) is 14.6. The molecule has 0 bridgehead atoms. The van der Waals surface area contributed by atoms with E-state index >= 15 is 0 Å². The van der Waals surface area contributed by atoms with Gasteiger partial charge in [-0.25, -0.2) is 18.1 Å². The van der Waals surface area contributed by atoms with Gasteiger partial charge in [-0.1, -0.05) is 6.92 Å². The molecule has 2 heterocycles. The van der Waals surface area contributed by atoms with Crippen LogP contribution in [0.3, 0.4) is 0 Å². The van der Waals surface area contributed by atoms with Crippen molar-refractivity contribution in [2.45, 2.75) is 24.8 Å². The molecule has 0 radical (unpaired) electrons. The molecule has 108 valence electrons. The predicted molar refractivity (Wildman–Crippen MR) is 81.5 cm³/mol. The Bertz CT molecular complexity index is 663. The highest BCUT2D eigenvalue weighted by Gasteiger charge is 2.14. The van der Waals surface area contributed by atoms with Gasteiger partial charge in [0.2, 0.25) is 10.0 Å². The zero-order valence-corrected chi connectivity index (χ0v) is 13.0. The van der Waals surface area contributed by atoms with Crippen molar-refractivity contribution in [3.63, 3.8) is 0 Å². The second kappa shape index (κ2) is 6.34. The largest absolute Gasteiger partial charge is 0.373 e. The van der Waals surface area contributed by atoms with E-state index in [1.807, 2.05) is 12.1 Å². The average Bonchev–Trinajstić information content (AvgIpc) is 2.93. The number of nitrogens with one attached hydrogen (secondary N) is 2. The third-order valence-corrected chi connectivity index (χ3v) is 5.42. The summed E-state index contributed by atoms with van der Waals surface area (Å²) >= 11 is 1.62. The van der Waals surface area contributed by atoms with E-state index in [1.54, 1.807) is 24.5 Å². The molecule has 7 heteroatoms. The number of aryl methyl sites for hydroxylation is 1. The average molecular weight is 311 g/mol. The Labute approximate surface area is 123 Å². The standard InChI is InChI=1S/C13H17N3O2S2/c1-3-10-4-5-11(19-10)8-16-20(17,18)12-6-7-13(14-2)15-9-12/h4-7,9,16H,3,8H2,1-2H3,(H,14,15). The highest BCUT2D eigenvalue weighted by atomic mass is 32.2. The fourth-order valence-corrected chi connectivity index (χ4v) is 3.58. The molecule has 0 unspecified atom stereocenters. The number of nitrogens with zero attached hydrogens (tertiary/aromatic N) is 1. The lowest BCUT2D eigenvalue weighted by Gasteiger charge is -2.06. The van der Waals surface area contributed by atoms with E-state index in [0.29, 0.717) is 12.4 Å². The van der Waals surface area contributed by atoms with Gasteiger partial charge < -0.3 is 5.32 Å². The number of rotatable bonds is 6. The summed E-state index contributed by atoms with van der Waals surface area (Å²) in [4.78, 5) is 6.43. The van der Waals surface area contributed by atoms with Gasteiger partial charge in [-0.05, 0) is 30.7 Å². The highest BCUT2D eigenvalue weighted by Crippen LogP contribution is 2.17. The minimum atomic E-state index is -3.51. The highest BCUT2D eigenvalue weighted by molar-refractivity contribution is 7.89. The van der Waals surface area contributed by atoms with Gasteiger partial charge in [-0.2, -0.15) is 0 Å². The van der Waals surface area contributed by atoms with E-state index in [0.717, 1.165) is 11.3 Å². The van der Waals surface area contributed by atoms with Crippen LogP contribution in [0.1, 0.15) is 16.7 Å². The molecule has 0 aliphatic carbocycles. The molecule has 0 aliphatic rings. The number of aromatic nitrogens is 1. The van der Waals surface area contributed by atoms with Crippen molar-refractivity contribution >= 4 is 27.2 Å². The van der Waals surface area contributed by atoms with Crippen LogP contribution in [0.4, 0.5) is 5.82 Å². The van der Waals surface area contributed by atoms with Crippen LogP contribution >= 0.6 is 11.3 Å². The molecule has 0 saturated heterocycles. The smallest absolute Gasteiger partial charge is 0.242 e. The van der Waals surface area contributed by atoms with Crippen molar-refractivity contribution in [3.8, 4) is 0 Å². The summed E-state index contributed by atoms with van der Waals surface area (Å²) in [6.07, 6.45) is 2.31. The quantitative estimate of drug-likeness (QED) is 0.858. The Morgan fingerprint density at radius 3 is 2.50 bits per heavy atom. The van der Waals surface area contributed by atoms with Gasteiger partial charge in [0, 0.05) is 29.5 Å². The zero-order valence-electron chi connectivity index (χ0n) is 11.4. The first-order valence-corrected chi connectivity index (χ1v) is 8.56. The number of thiophene rings is 1. The number of hydrogen-bond donors (Lipinski definition) is 2. The fourth-order valence-electron chi connectivity index (χ4n) is 1.64. The molecule has 2 N–H and O–H groups in total. The van der Waals surface area contributed by atoms with E-state index in [1.165, 1.54) is 17.1 Å². The summed E-state index contributed by atoms with van der Waals surface area (Å²) < 4.78 is 26.8. The minimum absolute atomic E-state index is 0.170.